The summed E-state index contributed by atoms with van der Waals surface area (Å²) in [5.74, 6) is 0. The molecule has 0 radical (unpaired) electrons. The first-order valence-corrected chi connectivity index (χ1v) is 11.7. The van der Waals surface area contributed by atoms with Gasteiger partial charge in [0.1, 0.15) is 0 Å². The standard InChI is InChI=1S/C31H25N3O2/c1-22-13-14-23(2)29(19-22)32-21-26-20-30(24-9-5-3-6-10-24)33(31(26)25-11-7-4-8-12-25)27-15-17-28(18-16-27)34(35)36/h3-21H,1-2H3. The lowest BCUT2D eigenvalue weighted by molar-refractivity contribution is -0.384. The van der Waals surface area contributed by atoms with E-state index in [4.69, 9.17) is 4.99 Å². The zero-order valence-corrected chi connectivity index (χ0v) is 20.1. The molecule has 0 spiro atoms. The molecule has 5 rings (SSSR count). The Balaban J connectivity index is 1.77. The van der Waals surface area contributed by atoms with Gasteiger partial charge in [-0.15, -0.1) is 0 Å². The fraction of sp³-hybridized carbons (Fsp3) is 0.0645. The maximum Gasteiger partial charge on any atom is 0.269 e. The van der Waals surface area contributed by atoms with Crippen molar-refractivity contribution in [2.45, 2.75) is 13.8 Å². The van der Waals surface area contributed by atoms with Crippen LogP contribution in [0.1, 0.15) is 16.7 Å². The number of aryl methyl sites for hydroxylation is 2. The lowest BCUT2D eigenvalue weighted by Crippen LogP contribution is -2.01. The second-order valence-electron chi connectivity index (χ2n) is 8.72. The highest BCUT2D eigenvalue weighted by Gasteiger charge is 2.19. The normalized spacial score (nSPS) is 11.2. The summed E-state index contributed by atoms with van der Waals surface area (Å²) in [6, 6.07) is 35.4. The van der Waals surface area contributed by atoms with Gasteiger partial charge in [0.05, 0.1) is 22.0 Å². The summed E-state index contributed by atoms with van der Waals surface area (Å²) in [6.45, 7) is 4.12. The molecular weight excluding hydrogens is 446 g/mol. The summed E-state index contributed by atoms with van der Waals surface area (Å²) in [6.07, 6.45) is 1.92. The Hall–Kier alpha value is -4.77. The molecule has 0 bridgehead atoms. The second kappa shape index (κ2) is 9.84. The maximum atomic E-state index is 11.3. The number of rotatable bonds is 6. The van der Waals surface area contributed by atoms with E-state index in [0.29, 0.717) is 0 Å². The van der Waals surface area contributed by atoms with E-state index < -0.39 is 0 Å². The van der Waals surface area contributed by atoms with Crippen molar-refractivity contribution >= 4 is 17.6 Å². The van der Waals surface area contributed by atoms with Crippen molar-refractivity contribution in [2.24, 2.45) is 4.99 Å². The lowest BCUT2D eigenvalue weighted by Gasteiger charge is -2.15. The Kier molecular flexibility index (Phi) is 6.29. The van der Waals surface area contributed by atoms with Crippen molar-refractivity contribution in [3.63, 3.8) is 0 Å². The highest BCUT2D eigenvalue weighted by molar-refractivity contribution is 5.94. The van der Waals surface area contributed by atoms with Gasteiger partial charge < -0.3 is 4.57 Å². The third kappa shape index (κ3) is 4.59. The zero-order valence-electron chi connectivity index (χ0n) is 20.1. The van der Waals surface area contributed by atoms with Gasteiger partial charge in [-0.25, -0.2) is 0 Å². The number of benzene rings is 4. The monoisotopic (exact) mass is 471 g/mol. The van der Waals surface area contributed by atoms with Gasteiger partial charge in [-0.1, -0.05) is 72.8 Å². The van der Waals surface area contributed by atoms with Gasteiger partial charge in [0, 0.05) is 29.6 Å². The van der Waals surface area contributed by atoms with Gasteiger partial charge in [-0.05, 0) is 60.4 Å². The van der Waals surface area contributed by atoms with Crippen LogP contribution in [0.5, 0.6) is 0 Å². The summed E-state index contributed by atoms with van der Waals surface area (Å²) >= 11 is 0. The molecule has 0 atom stereocenters. The molecule has 0 aliphatic heterocycles. The topological polar surface area (TPSA) is 60.4 Å². The minimum Gasteiger partial charge on any atom is -0.309 e. The van der Waals surface area contributed by atoms with Gasteiger partial charge in [0.25, 0.3) is 5.69 Å². The first kappa shape index (κ1) is 23.0. The van der Waals surface area contributed by atoms with E-state index in [1.807, 2.05) is 42.6 Å². The Labute approximate surface area is 210 Å². The van der Waals surface area contributed by atoms with Crippen molar-refractivity contribution in [3.8, 4) is 28.2 Å². The van der Waals surface area contributed by atoms with Crippen molar-refractivity contribution < 1.29 is 4.92 Å². The molecule has 0 aliphatic carbocycles. The van der Waals surface area contributed by atoms with E-state index >= 15 is 0 Å². The average molecular weight is 472 g/mol. The van der Waals surface area contributed by atoms with Crippen LogP contribution in [-0.2, 0) is 0 Å². The van der Waals surface area contributed by atoms with Gasteiger partial charge in [0.2, 0.25) is 0 Å². The van der Waals surface area contributed by atoms with E-state index in [0.717, 1.165) is 50.6 Å². The predicted molar refractivity (Wildman–Crippen MR) is 146 cm³/mol. The average Bonchev–Trinajstić information content (AvgIpc) is 3.30. The molecular formula is C31H25N3O2. The third-order valence-corrected chi connectivity index (χ3v) is 6.17. The van der Waals surface area contributed by atoms with E-state index in [1.54, 1.807) is 24.3 Å². The second-order valence-corrected chi connectivity index (χ2v) is 8.72. The number of nitrogens with zero attached hydrogens (tertiary/aromatic N) is 3. The molecule has 176 valence electrons. The number of nitro groups is 1. The molecule has 0 amide bonds. The van der Waals surface area contributed by atoms with Crippen molar-refractivity contribution in [1.82, 2.24) is 4.57 Å². The van der Waals surface area contributed by atoms with E-state index in [-0.39, 0.29) is 10.6 Å². The highest BCUT2D eigenvalue weighted by Crippen LogP contribution is 2.36. The molecule has 36 heavy (non-hydrogen) atoms. The molecule has 0 N–H and O–H groups in total. The Morgan fingerprint density at radius 3 is 2.06 bits per heavy atom. The molecule has 1 heterocycles. The van der Waals surface area contributed by atoms with Gasteiger partial charge in [-0.3, -0.25) is 15.1 Å². The lowest BCUT2D eigenvalue weighted by atomic mass is 10.1. The fourth-order valence-corrected chi connectivity index (χ4v) is 4.33. The van der Waals surface area contributed by atoms with Crippen LogP contribution in [0.3, 0.4) is 0 Å². The van der Waals surface area contributed by atoms with Crippen molar-refractivity contribution in [2.75, 3.05) is 0 Å². The first-order valence-electron chi connectivity index (χ1n) is 11.7. The molecule has 1 aromatic heterocycles. The van der Waals surface area contributed by atoms with E-state index in [9.17, 15) is 10.1 Å². The number of aliphatic imine (C=N–C) groups is 1. The molecule has 0 aliphatic rings. The van der Waals surface area contributed by atoms with Crippen LogP contribution in [0.25, 0.3) is 28.2 Å². The smallest absolute Gasteiger partial charge is 0.269 e. The molecule has 0 saturated carbocycles. The quantitative estimate of drug-likeness (QED) is 0.143. The van der Waals surface area contributed by atoms with Gasteiger partial charge in [-0.2, -0.15) is 0 Å². The molecule has 4 aromatic carbocycles. The van der Waals surface area contributed by atoms with Crippen molar-refractivity contribution in [1.29, 1.82) is 0 Å². The maximum absolute atomic E-state index is 11.3. The molecule has 5 heteroatoms. The fourth-order valence-electron chi connectivity index (χ4n) is 4.33. The minimum atomic E-state index is -0.377. The van der Waals surface area contributed by atoms with Crippen molar-refractivity contribution in [3.05, 3.63) is 136 Å². The largest absolute Gasteiger partial charge is 0.309 e. The van der Waals surface area contributed by atoms with Crippen LogP contribution < -0.4 is 0 Å². The zero-order chi connectivity index (χ0) is 25.1. The SMILES string of the molecule is Cc1ccc(C)c(N=Cc2cc(-c3ccccc3)n(-c3ccc([N+](=O)[O-])cc3)c2-c2ccccc2)c1. The van der Waals surface area contributed by atoms with Crippen LogP contribution >= 0.6 is 0 Å². The predicted octanol–water partition coefficient (Wildman–Crippen LogP) is 8.09. The summed E-state index contributed by atoms with van der Waals surface area (Å²) in [5.41, 5.74) is 9.07. The Morgan fingerprint density at radius 2 is 1.42 bits per heavy atom. The number of non-ortho nitro benzene ring substituents is 1. The molecule has 5 nitrogen and oxygen atoms in total. The third-order valence-electron chi connectivity index (χ3n) is 6.17. The summed E-state index contributed by atoms with van der Waals surface area (Å²) in [7, 11) is 0. The summed E-state index contributed by atoms with van der Waals surface area (Å²) in [4.78, 5) is 15.8. The molecule has 0 unspecified atom stereocenters. The van der Waals surface area contributed by atoms with Crippen LogP contribution in [0.2, 0.25) is 0 Å². The number of aromatic nitrogens is 1. The highest BCUT2D eigenvalue weighted by atomic mass is 16.6. The molecule has 5 aromatic rings. The number of hydrogen-bond acceptors (Lipinski definition) is 3. The first-order chi connectivity index (χ1) is 17.5. The van der Waals surface area contributed by atoms with Crippen LogP contribution in [0.15, 0.2) is 114 Å². The molecule has 0 fully saturated rings. The van der Waals surface area contributed by atoms with E-state index in [2.05, 4.69) is 66.9 Å². The van der Waals surface area contributed by atoms with Crippen LogP contribution in [0, 0.1) is 24.0 Å². The number of hydrogen-bond donors (Lipinski definition) is 0. The minimum absolute atomic E-state index is 0.0603. The van der Waals surface area contributed by atoms with E-state index in [1.165, 1.54) is 0 Å². The summed E-state index contributed by atoms with van der Waals surface area (Å²) in [5, 5.41) is 11.3. The van der Waals surface area contributed by atoms with Crippen LogP contribution in [-0.4, -0.2) is 15.7 Å². The Bertz CT molecular complexity index is 1550. The summed E-state index contributed by atoms with van der Waals surface area (Å²) < 4.78 is 2.15. The van der Waals surface area contributed by atoms with Gasteiger partial charge in [0.15, 0.2) is 0 Å². The Morgan fingerprint density at radius 1 is 0.778 bits per heavy atom. The number of nitro benzene ring substituents is 1. The van der Waals surface area contributed by atoms with Gasteiger partial charge >= 0.3 is 0 Å². The van der Waals surface area contributed by atoms with Crippen LogP contribution in [0.4, 0.5) is 11.4 Å². The molecule has 0 saturated heterocycles.